The monoisotopic (exact) mass is 170 g/mol. The Morgan fingerprint density at radius 3 is 2.08 bits per heavy atom. The van der Waals surface area contributed by atoms with Gasteiger partial charge in [0, 0.05) is 12.1 Å². The minimum atomic E-state index is 0.0982. The molecule has 0 aromatic carbocycles. The van der Waals surface area contributed by atoms with Gasteiger partial charge in [0.25, 0.3) is 0 Å². The molecule has 0 aliphatic heterocycles. The van der Waals surface area contributed by atoms with Crippen LogP contribution in [0.2, 0.25) is 0 Å². The second-order valence-corrected chi connectivity index (χ2v) is 4.26. The number of rotatable bonds is 3. The van der Waals surface area contributed by atoms with Crippen LogP contribution in [0.3, 0.4) is 0 Å². The Morgan fingerprint density at radius 1 is 1.33 bits per heavy atom. The van der Waals surface area contributed by atoms with Crippen LogP contribution in [0.1, 0.15) is 47.5 Å². The lowest BCUT2D eigenvalue weighted by molar-refractivity contribution is 0.231. The van der Waals surface area contributed by atoms with Crippen molar-refractivity contribution in [2.45, 2.75) is 53.0 Å². The molecule has 0 atom stereocenters. The van der Waals surface area contributed by atoms with E-state index in [9.17, 15) is 0 Å². The normalized spacial score (nSPS) is 11.4. The van der Waals surface area contributed by atoms with E-state index in [1.165, 1.54) is 12.8 Å². The van der Waals surface area contributed by atoms with E-state index in [1.54, 1.807) is 0 Å². The van der Waals surface area contributed by atoms with E-state index in [2.05, 4.69) is 32.6 Å². The predicted molar refractivity (Wildman–Crippen MR) is 54.8 cm³/mol. The van der Waals surface area contributed by atoms with Crippen molar-refractivity contribution in [1.29, 1.82) is 5.41 Å². The summed E-state index contributed by atoms with van der Waals surface area (Å²) in [7, 11) is 0. The minimum Gasteiger partial charge on any atom is -0.356 e. The van der Waals surface area contributed by atoms with Crippen molar-refractivity contribution < 1.29 is 0 Å². The fourth-order valence-electron chi connectivity index (χ4n) is 1.32. The molecule has 0 heterocycles. The highest BCUT2D eigenvalue weighted by atomic mass is 15.2. The molecule has 0 fully saturated rings. The standard InChI is InChI=1S/C10H22N2/c1-6-7-8-12(9(2)11)10(3,4)5/h11H,6-8H2,1-5H3. The molecule has 2 heteroatoms. The Labute approximate surface area is 76.5 Å². The first-order chi connectivity index (χ1) is 5.39. The van der Waals surface area contributed by atoms with Crippen molar-refractivity contribution in [3.8, 4) is 0 Å². The van der Waals surface area contributed by atoms with Crippen LogP contribution in [0.4, 0.5) is 0 Å². The Hall–Kier alpha value is -0.530. The smallest absolute Gasteiger partial charge is 0.0930 e. The topological polar surface area (TPSA) is 27.1 Å². The number of hydrogen-bond acceptors (Lipinski definition) is 1. The number of amidine groups is 1. The molecule has 12 heavy (non-hydrogen) atoms. The molecular weight excluding hydrogens is 148 g/mol. The van der Waals surface area contributed by atoms with Gasteiger partial charge in [0.1, 0.15) is 0 Å². The molecule has 72 valence electrons. The second kappa shape index (κ2) is 4.48. The van der Waals surface area contributed by atoms with E-state index in [4.69, 9.17) is 5.41 Å². The molecule has 0 aliphatic carbocycles. The lowest BCUT2D eigenvalue weighted by Crippen LogP contribution is -2.44. The molecule has 0 bridgehead atoms. The highest BCUT2D eigenvalue weighted by Gasteiger charge is 2.20. The molecule has 1 N–H and O–H groups in total. The number of nitrogens with one attached hydrogen (secondary N) is 1. The van der Waals surface area contributed by atoms with Crippen molar-refractivity contribution in [3.63, 3.8) is 0 Å². The van der Waals surface area contributed by atoms with Crippen LogP contribution >= 0.6 is 0 Å². The zero-order valence-corrected chi connectivity index (χ0v) is 9.07. The molecule has 0 spiro atoms. The van der Waals surface area contributed by atoms with E-state index in [0.29, 0.717) is 5.84 Å². The van der Waals surface area contributed by atoms with E-state index in [0.717, 1.165) is 6.54 Å². The number of nitrogens with zero attached hydrogens (tertiary/aromatic N) is 1. The van der Waals surface area contributed by atoms with Gasteiger partial charge in [0.2, 0.25) is 0 Å². The maximum Gasteiger partial charge on any atom is 0.0930 e. The van der Waals surface area contributed by atoms with Gasteiger partial charge in [0.15, 0.2) is 0 Å². The van der Waals surface area contributed by atoms with E-state index in [-0.39, 0.29) is 5.54 Å². The van der Waals surface area contributed by atoms with Gasteiger partial charge in [-0.25, -0.2) is 0 Å². The highest BCUT2D eigenvalue weighted by Crippen LogP contribution is 2.14. The molecule has 0 saturated carbocycles. The average Bonchev–Trinajstić information content (AvgIpc) is 1.84. The van der Waals surface area contributed by atoms with Gasteiger partial charge < -0.3 is 4.90 Å². The fourth-order valence-corrected chi connectivity index (χ4v) is 1.32. The first-order valence-electron chi connectivity index (χ1n) is 4.72. The SMILES string of the molecule is CCCCN(C(C)=N)C(C)(C)C. The fraction of sp³-hybridized carbons (Fsp3) is 0.900. The Balaban J connectivity index is 4.15. The van der Waals surface area contributed by atoms with Crippen LogP contribution in [-0.2, 0) is 0 Å². The molecule has 0 aliphatic rings. The predicted octanol–water partition coefficient (Wildman–Crippen LogP) is 2.88. The summed E-state index contributed by atoms with van der Waals surface area (Å²) >= 11 is 0. The van der Waals surface area contributed by atoms with Gasteiger partial charge in [-0.15, -0.1) is 0 Å². The Morgan fingerprint density at radius 2 is 1.83 bits per heavy atom. The van der Waals surface area contributed by atoms with Crippen molar-refractivity contribution in [3.05, 3.63) is 0 Å². The summed E-state index contributed by atoms with van der Waals surface area (Å²) in [6.07, 6.45) is 2.37. The van der Waals surface area contributed by atoms with Crippen LogP contribution in [0.25, 0.3) is 0 Å². The lowest BCUT2D eigenvalue weighted by atomic mass is 10.1. The highest BCUT2D eigenvalue weighted by molar-refractivity contribution is 5.77. The van der Waals surface area contributed by atoms with Crippen LogP contribution in [0, 0.1) is 5.41 Å². The number of hydrogen-bond donors (Lipinski definition) is 1. The lowest BCUT2D eigenvalue weighted by Gasteiger charge is -2.36. The quantitative estimate of drug-likeness (QED) is 0.512. The Kier molecular flexibility index (Phi) is 4.29. The van der Waals surface area contributed by atoms with Gasteiger partial charge >= 0.3 is 0 Å². The number of unbranched alkanes of at least 4 members (excludes halogenated alkanes) is 1. The first kappa shape index (κ1) is 11.5. The molecule has 0 aromatic rings. The third kappa shape index (κ3) is 3.74. The molecule has 0 amide bonds. The molecule has 0 aromatic heterocycles. The molecule has 0 rings (SSSR count). The molecule has 0 saturated heterocycles. The van der Waals surface area contributed by atoms with E-state index < -0.39 is 0 Å². The van der Waals surface area contributed by atoms with Crippen molar-refractivity contribution in [1.82, 2.24) is 4.90 Å². The van der Waals surface area contributed by atoms with Crippen molar-refractivity contribution in [2.24, 2.45) is 0 Å². The average molecular weight is 170 g/mol. The third-order valence-corrected chi connectivity index (χ3v) is 1.95. The van der Waals surface area contributed by atoms with Crippen molar-refractivity contribution in [2.75, 3.05) is 6.54 Å². The summed E-state index contributed by atoms with van der Waals surface area (Å²) in [5, 5.41) is 7.61. The van der Waals surface area contributed by atoms with Crippen molar-refractivity contribution >= 4 is 5.84 Å². The minimum absolute atomic E-state index is 0.0982. The van der Waals surface area contributed by atoms with Gasteiger partial charge in [-0.2, -0.15) is 0 Å². The maximum absolute atomic E-state index is 7.61. The van der Waals surface area contributed by atoms with Crippen LogP contribution in [-0.4, -0.2) is 22.8 Å². The zero-order chi connectivity index (χ0) is 9.78. The van der Waals surface area contributed by atoms with Crippen LogP contribution < -0.4 is 0 Å². The zero-order valence-electron chi connectivity index (χ0n) is 9.07. The summed E-state index contributed by atoms with van der Waals surface area (Å²) in [5.74, 6) is 0.677. The third-order valence-electron chi connectivity index (χ3n) is 1.95. The maximum atomic E-state index is 7.61. The van der Waals surface area contributed by atoms with E-state index >= 15 is 0 Å². The van der Waals surface area contributed by atoms with Crippen LogP contribution in [0.15, 0.2) is 0 Å². The molecule has 2 nitrogen and oxygen atoms in total. The van der Waals surface area contributed by atoms with Gasteiger partial charge in [-0.3, -0.25) is 5.41 Å². The summed E-state index contributed by atoms with van der Waals surface area (Å²) in [5.41, 5.74) is 0.0982. The summed E-state index contributed by atoms with van der Waals surface area (Å²) in [6.45, 7) is 11.5. The first-order valence-corrected chi connectivity index (χ1v) is 4.72. The summed E-state index contributed by atoms with van der Waals surface area (Å²) < 4.78 is 0. The van der Waals surface area contributed by atoms with E-state index in [1.807, 2.05) is 6.92 Å². The Bertz CT molecular complexity index is 144. The molecule has 0 radical (unpaired) electrons. The largest absolute Gasteiger partial charge is 0.356 e. The molecular formula is C10H22N2. The van der Waals surface area contributed by atoms with Crippen LogP contribution in [0.5, 0.6) is 0 Å². The van der Waals surface area contributed by atoms with Gasteiger partial charge in [-0.1, -0.05) is 13.3 Å². The molecule has 0 unspecified atom stereocenters. The van der Waals surface area contributed by atoms with Gasteiger partial charge in [0.05, 0.1) is 5.84 Å². The summed E-state index contributed by atoms with van der Waals surface area (Å²) in [6, 6.07) is 0. The summed E-state index contributed by atoms with van der Waals surface area (Å²) in [4.78, 5) is 2.15. The van der Waals surface area contributed by atoms with Gasteiger partial charge in [-0.05, 0) is 34.1 Å². The second-order valence-electron chi connectivity index (χ2n) is 4.26.